The lowest BCUT2D eigenvalue weighted by Crippen LogP contribution is -2.64. The second-order valence-corrected chi connectivity index (χ2v) is 27.4. The molecule has 1 aromatic carbocycles. The van der Waals surface area contributed by atoms with E-state index >= 15 is 13.6 Å². The Morgan fingerprint density at radius 2 is 1.19 bits per heavy atom. The van der Waals surface area contributed by atoms with Crippen LogP contribution < -0.4 is 21.3 Å². The van der Waals surface area contributed by atoms with Crippen molar-refractivity contribution in [3.63, 3.8) is 0 Å². The second-order valence-electron chi connectivity index (χ2n) is 27.4. The van der Waals surface area contributed by atoms with Crippen LogP contribution in [0.15, 0.2) is 18.2 Å². The van der Waals surface area contributed by atoms with Gasteiger partial charge in [-0.25, -0.2) is 13.2 Å². The smallest absolute Gasteiger partial charge is 0.351 e. The standard InChI is InChI=1S/C65H99F6N11O11/c1-14-40(6)55-61(92)78(10)35-53(85)76(8)36-54(86)80(12)49(32-42-20-16-15-17-21-42)60(91)77(9)34-51(83)73-46(25-23-43-22-24-44(45(66)31-43)65(69,70)71)59(90)82-37-64(67,68)33-50(82)58(89)75-63(26-18-19-27-63)62(93)81(13)48(29-39(4)5)56(87)72-41(7)30-52(84)79(11)47(28-38(2)3)57(88)74-55/h22,24,31,38-42,46-50,55H,14-21,23,25-30,32-37H2,1-13H3,(H,72,87)(H,73,83)(H,74,88)(H,75,89)/t40-,41+,46-,47-,48-,49-,50?,55-/m0/s1. The minimum Gasteiger partial charge on any atom is -0.351 e. The van der Waals surface area contributed by atoms with Crippen molar-refractivity contribution >= 4 is 65.0 Å². The molecule has 2 saturated heterocycles. The molecule has 28 heteroatoms. The van der Waals surface area contributed by atoms with Crippen LogP contribution in [0.5, 0.6) is 0 Å². The number of fused-ring (bicyclic) bond motifs is 1. The molecule has 22 nitrogen and oxygen atoms in total. The van der Waals surface area contributed by atoms with Crippen LogP contribution in [0.2, 0.25) is 0 Å². The average Bonchev–Trinajstić information content (AvgIpc) is 1.68. The Balaban J connectivity index is 1.58. The third-order valence-electron chi connectivity index (χ3n) is 18.8. The summed E-state index contributed by atoms with van der Waals surface area (Å²) in [5, 5.41) is 10.8. The molecular weight excluding hydrogens is 1220 g/mol. The molecule has 0 radical (unpaired) electrons. The predicted molar refractivity (Wildman–Crippen MR) is 332 cm³/mol. The van der Waals surface area contributed by atoms with Crippen molar-refractivity contribution in [2.75, 3.05) is 68.5 Å². The second kappa shape index (κ2) is 32.9. The van der Waals surface area contributed by atoms with Gasteiger partial charge in [0.15, 0.2) is 0 Å². The molecule has 1 unspecified atom stereocenters. The highest BCUT2D eigenvalue weighted by Crippen LogP contribution is 2.38. The summed E-state index contributed by atoms with van der Waals surface area (Å²) in [7, 11) is 8.10. The summed E-state index contributed by atoms with van der Waals surface area (Å²) >= 11 is 0. The Hall–Kier alpha value is -7.03. The summed E-state index contributed by atoms with van der Waals surface area (Å²) in [6, 6.07) is -7.44. The number of amides is 11. The number of nitrogens with one attached hydrogen (secondary N) is 4. The topological polar surface area (TPSA) is 259 Å². The van der Waals surface area contributed by atoms with E-state index in [9.17, 15) is 65.5 Å². The summed E-state index contributed by atoms with van der Waals surface area (Å²) in [4.78, 5) is 167. The van der Waals surface area contributed by atoms with E-state index in [-0.39, 0.29) is 61.8 Å². The van der Waals surface area contributed by atoms with Gasteiger partial charge >= 0.3 is 6.18 Å². The summed E-state index contributed by atoms with van der Waals surface area (Å²) in [5.74, 6) is -15.1. The SMILES string of the molecule is CC[C@H](C)[C@@H]1NC(=O)[C@H](CC(C)C)N(C)C(=O)C[C@@H](C)NC(=O)[C@H](CC(C)C)N(C)C(=O)C2(CCCC2)NC(=O)C2CC(F)(F)CN2C(=O)[C@H](CCc2ccc(C(F)(F)F)c(F)c2)NC(=O)CN(C)C(=O)[C@H](CC2CCCCC2)N(C)C(=O)CN(C)C(=O)CN(C)C1=O. The number of nitrogens with zero attached hydrogens (tertiary/aromatic N) is 7. The van der Waals surface area contributed by atoms with E-state index in [0.717, 1.165) is 49.8 Å². The van der Waals surface area contributed by atoms with Gasteiger partial charge in [-0.15, -0.1) is 0 Å². The van der Waals surface area contributed by atoms with Crippen molar-refractivity contribution in [2.45, 2.75) is 218 Å². The fourth-order valence-electron chi connectivity index (χ4n) is 13.0. The zero-order chi connectivity index (χ0) is 69.8. The third-order valence-corrected chi connectivity index (χ3v) is 18.8. The maximum atomic E-state index is 15.9. The van der Waals surface area contributed by atoms with Crippen LogP contribution in [0.4, 0.5) is 26.3 Å². The minimum absolute atomic E-state index is 0.00287. The maximum Gasteiger partial charge on any atom is 0.419 e. The lowest BCUT2D eigenvalue weighted by Gasteiger charge is -2.38. The van der Waals surface area contributed by atoms with Gasteiger partial charge in [-0.05, 0) is 93.2 Å². The molecule has 8 atom stereocenters. The first kappa shape index (κ1) is 76.7. The van der Waals surface area contributed by atoms with Crippen LogP contribution in [0.1, 0.15) is 162 Å². The molecular formula is C65H99F6N11O11. The van der Waals surface area contributed by atoms with Crippen LogP contribution in [0, 0.1) is 29.5 Å². The normalized spacial score (nSPS) is 26.4. The van der Waals surface area contributed by atoms with E-state index < -0.39 is 188 Å². The Kier molecular flexibility index (Phi) is 27.1. The number of carbonyl (C=O) groups is 11. The number of hydrogen-bond acceptors (Lipinski definition) is 11. The lowest BCUT2D eigenvalue weighted by molar-refractivity contribution is -0.149. The van der Waals surface area contributed by atoms with Gasteiger partial charge in [0.25, 0.3) is 5.92 Å². The minimum atomic E-state index is -5.07. The van der Waals surface area contributed by atoms with Gasteiger partial charge in [0.05, 0.1) is 31.7 Å². The first-order valence-corrected chi connectivity index (χ1v) is 32.6. The molecule has 1 aromatic rings. The van der Waals surface area contributed by atoms with Crippen LogP contribution in [-0.2, 0) is 65.3 Å². The molecule has 4 aliphatic rings. The summed E-state index contributed by atoms with van der Waals surface area (Å²) in [6.07, 6.45) is -2.00. The van der Waals surface area contributed by atoms with Crippen LogP contribution in [0.25, 0.3) is 0 Å². The highest BCUT2D eigenvalue weighted by molar-refractivity contribution is 5.99. The molecule has 4 N–H and O–H groups in total. The summed E-state index contributed by atoms with van der Waals surface area (Å²) in [6.45, 7) is 9.14. The maximum absolute atomic E-state index is 15.9. The first-order chi connectivity index (χ1) is 43.3. The van der Waals surface area contributed by atoms with Gasteiger partial charge in [0, 0.05) is 61.2 Å². The quantitative estimate of drug-likeness (QED) is 0.207. The Morgan fingerprint density at radius 1 is 0.634 bits per heavy atom. The molecule has 11 amide bonds. The van der Waals surface area contributed by atoms with Crippen molar-refractivity contribution in [1.82, 2.24) is 55.6 Å². The molecule has 5 rings (SSSR count). The number of benzene rings is 1. The zero-order valence-corrected chi connectivity index (χ0v) is 56.3. The molecule has 2 aliphatic heterocycles. The van der Waals surface area contributed by atoms with Gasteiger partial charge in [0.2, 0.25) is 65.0 Å². The molecule has 2 saturated carbocycles. The van der Waals surface area contributed by atoms with E-state index in [2.05, 4.69) is 21.3 Å². The largest absolute Gasteiger partial charge is 0.419 e. The Labute approximate surface area is 542 Å². The number of likely N-dealkylation sites (N-methyl/N-ethyl adjacent to an activating group) is 6. The van der Waals surface area contributed by atoms with Gasteiger partial charge in [-0.1, -0.05) is 99.0 Å². The number of rotatable bonds is 11. The molecule has 2 aliphatic carbocycles. The highest BCUT2D eigenvalue weighted by atomic mass is 19.4. The van der Waals surface area contributed by atoms with Crippen molar-refractivity contribution in [2.24, 2.45) is 23.7 Å². The fraction of sp³-hybridized carbons (Fsp3) is 0.738. The molecule has 0 aromatic heterocycles. The van der Waals surface area contributed by atoms with Gasteiger partial charge < -0.3 is 55.6 Å². The Bertz CT molecular complexity index is 2870. The highest BCUT2D eigenvalue weighted by Gasteiger charge is 2.54. The molecule has 522 valence electrons. The molecule has 0 bridgehead atoms. The van der Waals surface area contributed by atoms with Crippen molar-refractivity contribution in [3.8, 4) is 0 Å². The average molecular weight is 1320 g/mol. The van der Waals surface area contributed by atoms with Crippen molar-refractivity contribution in [3.05, 3.63) is 35.1 Å². The zero-order valence-electron chi connectivity index (χ0n) is 56.3. The van der Waals surface area contributed by atoms with Gasteiger partial charge in [0.1, 0.15) is 47.6 Å². The third kappa shape index (κ3) is 20.5. The molecule has 93 heavy (non-hydrogen) atoms. The lowest BCUT2D eigenvalue weighted by atomic mass is 9.84. The van der Waals surface area contributed by atoms with Crippen LogP contribution in [-0.4, -0.2) is 221 Å². The molecule has 1 spiro atoms. The number of hydrogen-bond donors (Lipinski definition) is 4. The fourth-order valence-corrected chi connectivity index (χ4v) is 13.0. The summed E-state index contributed by atoms with van der Waals surface area (Å²) in [5.41, 5.74) is -3.45. The molecule has 2 heterocycles. The van der Waals surface area contributed by atoms with Crippen LogP contribution in [0.3, 0.4) is 0 Å². The van der Waals surface area contributed by atoms with E-state index in [0.29, 0.717) is 49.1 Å². The monoisotopic (exact) mass is 1320 g/mol. The van der Waals surface area contributed by atoms with Gasteiger partial charge in [-0.3, -0.25) is 52.7 Å². The number of aryl methyl sites for hydroxylation is 1. The van der Waals surface area contributed by atoms with Crippen molar-refractivity contribution in [1.29, 1.82) is 0 Å². The number of alkyl halides is 5. The van der Waals surface area contributed by atoms with E-state index in [1.54, 1.807) is 27.7 Å². The Morgan fingerprint density at radius 3 is 1.76 bits per heavy atom. The number of carbonyl (C=O) groups excluding carboxylic acids is 11. The van der Waals surface area contributed by atoms with Gasteiger partial charge in [-0.2, -0.15) is 13.2 Å². The summed E-state index contributed by atoms with van der Waals surface area (Å²) < 4.78 is 87.6. The van der Waals surface area contributed by atoms with E-state index in [1.165, 1.54) is 47.2 Å². The van der Waals surface area contributed by atoms with Crippen molar-refractivity contribution < 1.29 is 79.1 Å². The van der Waals surface area contributed by atoms with Crippen LogP contribution >= 0.6 is 0 Å². The molecule has 4 fully saturated rings. The predicted octanol–water partition coefficient (Wildman–Crippen LogP) is 5.29. The van der Waals surface area contributed by atoms with E-state index in [4.69, 9.17) is 0 Å². The van der Waals surface area contributed by atoms with E-state index in [1.807, 2.05) is 20.8 Å². The number of halogens is 6. The first-order valence-electron chi connectivity index (χ1n) is 32.6.